The van der Waals surface area contributed by atoms with Gasteiger partial charge in [0.15, 0.2) is 5.78 Å². The summed E-state index contributed by atoms with van der Waals surface area (Å²) >= 11 is 0. The minimum absolute atomic E-state index is 0.00132. The van der Waals surface area contributed by atoms with Crippen LogP contribution in [0.1, 0.15) is 86.5 Å². The van der Waals surface area contributed by atoms with Gasteiger partial charge in [-0.05, 0) is 75.5 Å². The fourth-order valence-electron chi connectivity index (χ4n) is 11.1. The van der Waals surface area contributed by atoms with Crippen LogP contribution >= 0.6 is 0 Å². The molecule has 1 heterocycles. The summed E-state index contributed by atoms with van der Waals surface area (Å²) in [5, 5.41) is 24.7. The molecule has 0 aromatic heterocycles. The number of Topliss-reactive ketones (excluding diaryl/α,β-unsaturated/α-hetero) is 2. The van der Waals surface area contributed by atoms with Gasteiger partial charge in [0.2, 0.25) is 11.6 Å². The zero-order chi connectivity index (χ0) is 25.6. The Morgan fingerprint density at radius 2 is 1.77 bits per heavy atom. The van der Waals surface area contributed by atoms with Crippen molar-refractivity contribution < 1.29 is 24.5 Å². The number of rotatable bonds is 2. The molecule has 6 fully saturated rings. The maximum atomic E-state index is 15.2. The highest BCUT2D eigenvalue weighted by Crippen LogP contribution is 2.83. The predicted molar refractivity (Wildman–Crippen MR) is 132 cm³/mol. The fourth-order valence-corrected chi connectivity index (χ4v) is 11.1. The summed E-state index contributed by atoms with van der Waals surface area (Å²) in [7, 11) is 0. The van der Waals surface area contributed by atoms with E-state index in [4.69, 9.17) is 4.74 Å². The van der Waals surface area contributed by atoms with E-state index in [-0.39, 0.29) is 47.1 Å². The van der Waals surface area contributed by atoms with Gasteiger partial charge in [-0.2, -0.15) is 0 Å². The van der Waals surface area contributed by atoms with Gasteiger partial charge in [0.25, 0.3) is 0 Å². The molecule has 5 heteroatoms. The molecule has 5 saturated carbocycles. The van der Waals surface area contributed by atoms with E-state index in [1.165, 1.54) is 0 Å². The van der Waals surface area contributed by atoms with Crippen molar-refractivity contribution in [1.82, 2.24) is 0 Å². The molecule has 1 spiro atoms. The predicted octanol–water partition coefficient (Wildman–Crippen LogP) is 4.75. The summed E-state index contributed by atoms with van der Waals surface area (Å²) < 4.78 is 6.36. The lowest BCUT2D eigenvalue weighted by Gasteiger charge is -2.71. The lowest BCUT2D eigenvalue weighted by atomic mass is 9.28. The number of allylic oxidation sites excluding steroid dienone is 3. The minimum atomic E-state index is -2.16. The van der Waals surface area contributed by atoms with Crippen LogP contribution in [0.3, 0.4) is 0 Å². The molecule has 6 aliphatic carbocycles. The summed E-state index contributed by atoms with van der Waals surface area (Å²) in [6, 6.07) is 0. The van der Waals surface area contributed by atoms with Crippen molar-refractivity contribution >= 4 is 11.6 Å². The van der Waals surface area contributed by atoms with Crippen molar-refractivity contribution in [3.63, 3.8) is 0 Å². The van der Waals surface area contributed by atoms with Crippen molar-refractivity contribution in [1.29, 1.82) is 0 Å². The van der Waals surface area contributed by atoms with Gasteiger partial charge in [-0.15, -0.1) is 0 Å². The van der Waals surface area contributed by atoms with E-state index in [1.54, 1.807) is 0 Å². The first-order chi connectivity index (χ1) is 16.1. The summed E-state index contributed by atoms with van der Waals surface area (Å²) in [5.41, 5.74) is -4.41. The standard InChI is InChI=1S/C30H42O5/c1-8-18-14-19-21-25(6,7)35-30(34)23(32)28(19)16-27(33)12-9-11-24(4,5)20(27)10-13-26(28,15-18)22(31)29(21,30)17(2)3/h8,14,17,19-21,33-34H,1,9-13,15-16H2,2-7H3/t19-,20+,21+,26+,27+,28-,29-,30+/m1/s1. The number of ether oxygens (including phenoxy) is 1. The number of carbonyl (C=O) groups is 2. The maximum absolute atomic E-state index is 15.2. The van der Waals surface area contributed by atoms with E-state index >= 15 is 4.79 Å². The van der Waals surface area contributed by atoms with Crippen LogP contribution in [-0.2, 0) is 14.3 Å². The van der Waals surface area contributed by atoms with E-state index in [1.807, 2.05) is 33.8 Å². The van der Waals surface area contributed by atoms with Crippen LogP contribution in [-0.4, -0.2) is 38.8 Å². The normalized spacial score (nSPS) is 53.1. The van der Waals surface area contributed by atoms with Crippen molar-refractivity contribution in [2.24, 2.45) is 45.3 Å². The highest BCUT2D eigenvalue weighted by Gasteiger charge is 2.93. The average Bonchev–Trinajstić information content (AvgIpc) is 2.81. The topological polar surface area (TPSA) is 83.8 Å². The molecule has 0 aromatic rings. The maximum Gasteiger partial charge on any atom is 0.241 e. The van der Waals surface area contributed by atoms with Crippen molar-refractivity contribution in [3.8, 4) is 0 Å². The van der Waals surface area contributed by atoms with Crippen LogP contribution in [0, 0.1) is 45.3 Å². The van der Waals surface area contributed by atoms with Crippen LogP contribution in [0.4, 0.5) is 0 Å². The summed E-state index contributed by atoms with van der Waals surface area (Å²) in [6.45, 7) is 16.3. The molecule has 1 saturated heterocycles. The van der Waals surface area contributed by atoms with Crippen LogP contribution in [0.15, 0.2) is 24.3 Å². The third-order valence-electron chi connectivity index (χ3n) is 12.1. The summed E-state index contributed by atoms with van der Waals surface area (Å²) in [5.74, 6) is -3.41. The van der Waals surface area contributed by atoms with Gasteiger partial charge in [-0.1, -0.05) is 58.4 Å². The number of fused-ring (bicyclic) bond motifs is 1. The molecule has 0 radical (unpaired) electrons. The molecule has 192 valence electrons. The molecule has 35 heavy (non-hydrogen) atoms. The molecule has 7 rings (SSSR count). The quantitative estimate of drug-likeness (QED) is 0.593. The van der Waals surface area contributed by atoms with E-state index in [0.717, 1.165) is 18.4 Å². The van der Waals surface area contributed by atoms with Gasteiger partial charge in [-0.3, -0.25) is 9.59 Å². The average molecular weight is 483 g/mol. The van der Waals surface area contributed by atoms with Gasteiger partial charge >= 0.3 is 0 Å². The Morgan fingerprint density at radius 1 is 1.09 bits per heavy atom. The molecule has 6 bridgehead atoms. The van der Waals surface area contributed by atoms with Crippen LogP contribution in [0.25, 0.3) is 0 Å². The Kier molecular flexibility index (Phi) is 4.39. The largest absolute Gasteiger partial charge is 0.390 e. The molecular formula is C30H42O5. The zero-order valence-electron chi connectivity index (χ0n) is 22.2. The van der Waals surface area contributed by atoms with Gasteiger partial charge in [0.1, 0.15) is 0 Å². The first kappa shape index (κ1) is 24.1. The van der Waals surface area contributed by atoms with E-state index < -0.39 is 33.2 Å². The number of aliphatic hydroxyl groups is 2. The lowest BCUT2D eigenvalue weighted by molar-refractivity contribution is -0.286. The summed E-state index contributed by atoms with van der Waals surface area (Å²) in [4.78, 5) is 30.1. The first-order valence-electron chi connectivity index (χ1n) is 13.7. The number of carbonyl (C=O) groups excluding carboxylic acids is 2. The van der Waals surface area contributed by atoms with E-state index in [9.17, 15) is 15.0 Å². The van der Waals surface area contributed by atoms with E-state index in [2.05, 4.69) is 26.5 Å². The van der Waals surface area contributed by atoms with Gasteiger partial charge in [0, 0.05) is 11.3 Å². The molecule has 0 unspecified atom stereocenters. The Bertz CT molecular complexity index is 1080. The van der Waals surface area contributed by atoms with Crippen molar-refractivity contribution in [2.45, 2.75) is 103 Å². The van der Waals surface area contributed by atoms with Crippen LogP contribution in [0.2, 0.25) is 0 Å². The molecule has 7 aliphatic rings. The Labute approximate surface area is 209 Å². The zero-order valence-corrected chi connectivity index (χ0v) is 22.2. The van der Waals surface area contributed by atoms with Crippen molar-refractivity contribution in [2.75, 3.05) is 0 Å². The van der Waals surface area contributed by atoms with Crippen LogP contribution in [0.5, 0.6) is 0 Å². The first-order valence-corrected chi connectivity index (χ1v) is 13.7. The molecule has 0 amide bonds. The molecule has 2 N–H and O–H groups in total. The second kappa shape index (κ2) is 6.39. The van der Waals surface area contributed by atoms with Gasteiger partial charge in [0.05, 0.1) is 22.0 Å². The van der Waals surface area contributed by atoms with Crippen LogP contribution < -0.4 is 0 Å². The Hall–Kier alpha value is -1.30. The number of hydrogen-bond acceptors (Lipinski definition) is 5. The fraction of sp³-hybridized carbons (Fsp3) is 0.800. The van der Waals surface area contributed by atoms with Gasteiger partial charge in [-0.25, -0.2) is 0 Å². The molecule has 0 aromatic carbocycles. The molecule has 8 atom stereocenters. The second-order valence-corrected chi connectivity index (χ2v) is 14.4. The lowest BCUT2D eigenvalue weighted by Crippen LogP contribution is -2.83. The van der Waals surface area contributed by atoms with Gasteiger partial charge < -0.3 is 14.9 Å². The number of hydrogen-bond donors (Lipinski definition) is 2. The van der Waals surface area contributed by atoms with Crippen molar-refractivity contribution in [3.05, 3.63) is 24.3 Å². The Balaban J connectivity index is 1.71. The minimum Gasteiger partial charge on any atom is -0.390 e. The molecule has 1 aliphatic heterocycles. The highest BCUT2D eigenvalue weighted by molar-refractivity contribution is 6.13. The molecule has 5 nitrogen and oxygen atoms in total. The Morgan fingerprint density at radius 3 is 2.40 bits per heavy atom. The third-order valence-corrected chi connectivity index (χ3v) is 12.1. The van der Waals surface area contributed by atoms with E-state index in [0.29, 0.717) is 25.7 Å². The smallest absolute Gasteiger partial charge is 0.241 e. The molecular weight excluding hydrogens is 440 g/mol. The third kappa shape index (κ3) is 2.22. The summed E-state index contributed by atoms with van der Waals surface area (Å²) in [6.07, 6.45) is 8.53. The highest BCUT2D eigenvalue weighted by atomic mass is 16.7. The SMILES string of the molecule is C=CC1=C[C@@H]2[C@H]3C(C)(C)O[C@@]4(O)C(=O)[C@@]25C[C@@]2(O)CCCC(C)(C)[C@@H]2CC[C@]5(C1)C(=O)[C@@]34C(C)C. The number of ketones is 2. The monoisotopic (exact) mass is 482 g/mol. The second-order valence-electron chi connectivity index (χ2n) is 14.4.